The standard InChI is InChI=1S/C11H15N3O3.ClH/c1-8(12)6-7-13-11(15)9-2-4-10(5-3-9)14(16)17;/h2-5,8H,6-7,12H2,1H3,(H,13,15);1H. The second-order valence-electron chi connectivity index (χ2n) is 3.83. The molecule has 0 aliphatic rings. The lowest BCUT2D eigenvalue weighted by Crippen LogP contribution is -2.28. The number of nitro groups is 1. The maximum atomic E-state index is 11.6. The largest absolute Gasteiger partial charge is 0.352 e. The SMILES string of the molecule is CC(N)CCNC(=O)c1ccc([N+](=O)[O-])cc1.Cl. The molecule has 7 heteroatoms. The number of rotatable bonds is 5. The lowest BCUT2D eigenvalue weighted by atomic mass is 10.2. The molecule has 1 atom stereocenters. The van der Waals surface area contributed by atoms with Crippen LogP contribution in [-0.4, -0.2) is 23.4 Å². The third-order valence-electron chi connectivity index (χ3n) is 2.23. The van der Waals surface area contributed by atoms with Gasteiger partial charge in [-0.2, -0.15) is 0 Å². The van der Waals surface area contributed by atoms with Gasteiger partial charge in [0.25, 0.3) is 11.6 Å². The van der Waals surface area contributed by atoms with Crippen molar-refractivity contribution in [2.75, 3.05) is 6.54 Å². The molecule has 6 nitrogen and oxygen atoms in total. The number of carbonyl (C=O) groups excluding carboxylic acids is 1. The number of amides is 1. The van der Waals surface area contributed by atoms with Crippen molar-refractivity contribution < 1.29 is 9.72 Å². The van der Waals surface area contributed by atoms with Crippen LogP contribution in [-0.2, 0) is 0 Å². The third kappa shape index (κ3) is 5.11. The van der Waals surface area contributed by atoms with Gasteiger partial charge in [0.2, 0.25) is 0 Å². The van der Waals surface area contributed by atoms with E-state index < -0.39 is 4.92 Å². The fourth-order valence-electron chi connectivity index (χ4n) is 1.25. The number of nitrogens with one attached hydrogen (secondary N) is 1. The van der Waals surface area contributed by atoms with Crippen molar-refractivity contribution in [2.24, 2.45) is 5.73 Å². The number of carbonyl (C=O) groups is 1. The summed E-state index contributed by atoms with van der Waals surface area (Å²) in [5, 5.41) is 13.1. The van der Waals surface area contributed by atoms with Crippen LogP contribution in [0.1, 0.15) is 23.7 Å². The molecule has 0 saturated carbocycles. The van der Waals surface area contributed by atoms with Crippen molar-refractivity contribution in [1.82, 2.24) is 5.32 Å². The highest BCUT2D eigenvalue weighted by Gasteiger charge is 2.08. The molecule has 1 amide bonds. The van der Waals surface area contributed by atoms with E-state index in [1.54, 1.807) is 0 Å². The van der Waals surface area contributed by atoms with Crippen molar-refractivity contribution in [2.45, 2.75) is 19.4 Å². The summed E-state index contributed by atoms with van der Waals surface area (Å²) in [5.41, 5.74) is 5.92. The van der Waals surface area contributed by atoms with Crippen molar-refractivity contribution in [3.05, 3.63) is 39.9 Å². The minimum absolute atomic E-state index is 0. The first-order valence-corrected chi connectivity index (χ1v) is 5.29. The molecule has 0 aromatic heterocycles. The van der Waals surface area contributed by atoms with E-state index in [9.17, 15) is 14.9 Å². The van der Waals surface area contributed by atoms with E-state index in [2.05, 4.69) is 5.32 Å². The van der Waals surface area contributed by atoms with Crippen LogP contribution >= 0.6 is 12.4 Å². The molecule has 1 aromatic rings. The van der Waals surface area contributed by atoms with Gasteiger partial charge in [0.15, 0.2) is 0 Å². The minimum Gasteiger partial charge on any atom is -0.352 e. The Labute approximate surface area is 111 Å². The average Bonchev–Trinajstić information content (AvgIpc) is 2.28. The minimum atomic E-state index is -0.502. The molecule has 1 unspecified atom stereocenters. The van der Waals surface area contributed by atoms with Gasteiger partial charge >= 0.3 is 0 Å². The Kier molecular flexibility index (Phi) is 6.92. The van der Waals surface area contributed by atoms with E-state index in [-0.39, 0.29) is 30.0 Å². The van der Waals surface area contributed by atoms with Crippen LogP contribution in [0.15, 0.2) is 24.3 Å². The highest BCUT2D eigenvalue weighted by molar-refractivity contribution is 5.94. The maximum Gasteiger partial charge on any atom is 0.269 e. The molecular formula is C11H16ClN3O3. The molecule has 100 valence electrons. The van der Waals surface area contributed by atoms with Crippen LogP contribution in [0.2, 0.25) is 0 Å². The molecule has 3 N–H and O–H groups in total. The van der Waals surface area contributed by atoms with Gasteiger partial charge in [0.05, 0.1) is 4.92 Å². The number of halogens is 1. The summed E-state index contributed by atoms with van der Waals surface area (Å²) >= 11 is 0. The molecule has 0 saturated heterocycles. The van der Waals surface area contributed by atoms with E-state index in [0.29, 0.717) is 18.5 Å². The number of benzene rings is 1. The quantitative estimate of drug-likeness (QED) is 0.627. The van der Waals surface area contributed by atoms with E-state index in [1.807, 2.05) is 6.92 Å². The molecule has 0 aliphatic carbocycles. The topological polar surface area (TPSA) is 98.3 Å². The molecular weight excluding hydrogens is 258 g/mol. The normalized spacial score (nSPS) is 11.2. The predicted molar refractivity (Wildman–Crippen MR) is 70.9 cm³/mol. The Hall–Kier alpha value is -1.66. The lowest BCUT2D eigenvalue weighted by molar-refractivity contribution is -0.384. The molecule has 0 bridgehead atoms. The van der Waals surface area contributed by atoms with Crippen LogP contribution in [0, 0.1) is 10.1 Å². The fourth-order valence-corrected chi connectivity index (χ4v) is 1.25. The van der Waals surface area contributed by atoms with Crippen molar-refractivity contribution in [1.29, 1.82) is 0 Å². The highest BCUT2D eigenvalue weighted by Crippen LogP contribution is 2.11. The number of hydrogen-bond acceptors (Lipinski definition) is 4. The maximum absolute atomic E-state index is 11.6. The summed E-state index contributed by atoms with van der Waals surface area (Å²) in [6, 6.07) is 5.51. The lowest BCUT2D eigenvalue weighted by Gasteiger charge is -2.06. The molecule has 1 aromatic carbocycles. The second kappa shape index (κ2) is 7.62. The molecule has 0 radical (unpaired) electrons. The molecule has 18 heavy (non-hydrogen) atoms. The number of nitro benzene ring substituents is 1. The van der Waals surface area contributed by atoms with Crippen LogP contribution in [0.4, 0.5) is 5.69 Å². The van der Waals surface area contributed by atoms with Gasteiger partial charge in [-0.25, -0.2) is 0 Å². The molecule has 0 fully saturated rings. The van der Waals surface area contributed by atoms with Gasteiger partial charge in [0, 0.05) is 30.3 Å². The van der Waals surface area contributed by atoms with Crippen molar-refractivity contribution in [3.63, 3.8) is 0 Å². The van der Waals surface area contributed by atoms with E-state index in [0.717, 1.165) is 0 Å². The van der Waals surface area contributed by atoms with Gasteiger partial charge in [-0.3, -0.25) is 14.9 Å². The smallest absolute Gasteiger partial charge is 0.269 e. The van der Waals surface area contributed by atoms with Crippen LogP contribution in [0.3, 0.4) is 0 Å². The van der Waals surface area contributed by atoms with E-state index >= 15 is 0 Å². The first-order chi connectivity index (χ1) is 8.00. The summed E-state index contributed by atoms with van der Waals surface area (Å²) in [6.07, 6.45) is 0.693. The summed E-state index contributed by atoms with van der Waals surface area (Å²) in [5.74, 6) is -0.249. The fraction of sp³-hybridized carbons (Fsp3) is 0.364. The monoisotopic (exact) mass is 273 g/mol. The van der Waals surface area contributed by atoms with Gasteiger partial charge in [-0.05, 0) is 25.5 Å². The summed E-state index contributed by atoms with van der Waals surface area (Å²) < 4.78 is 0. The van der Waals surface area contributed by atoms with Crippen LogP contribution in [0.25, 0.3) is 0 Å². The van der Waals surface area contributed by atoms with Crippen molar-refractivity contribution in [3.8, 4) is 0 Å². The Bertz CT molecular complexity index is 406. The Balaban J connectivity index is 0.00000289. The number of nitrogens with two attached hydrogens (primary N) is 1. The number of nitrogens with zero attached hydrogens (tertiary/aromatic N) is 1. The zero-order chi connectivity index (χ0) is 12.8. The zero-order valence-corrected chi connectivity index (χ0v) is 10.8. The Morgan fingerprint density at radius 2 is 2.00 bits per heavy atom. The average molecular weight is 274 g/mol. The van der Waals surface area contributed by atoms with E-state index in [1.165, 1.54) is 24.3 Å². The molecule has 0 heterocycles. The van der Waals surface area contributed by atoms with Gasteiger partial charge in [-0.1, -0.05) is 0 Å². The second-order valence-corrected chi connectivity index (χ2v) is 3.83. The Morgan fingerprint density at radius 3 is 2.44 bits per heavy atom. The summed E-state index contributed by atoms with van der Waals surface area (Å²) in [7, 11) is 0. The predicted octanol–water partition coefficient (Wildman–Crippen LogP) is 1.48. The van der Waals surface area contributed by atoms with Crippen LogP contribution in [0.5, 0.6) is 0 Å². The van der Waals surface area contributed by atoms with Crippen LogP contribution < -0.4 is 11.1 Å². The zero-order valence-electron chi connectivity index (χ0n) is 9.96. The summed E-state index contributed by atoms with van der Waals surface area (Å²) in [6.45, 7) is 2.35. The van der Waals surface area contributed by atoms with Crippen molar-refractivity contribution >= 4 is 24.0 Å². The van der Waals surface area contributed by atoms with Gasteiger partial charge in [0.1, 0.15) is 0 Å². The first-order valence-electron chi connectivity index (χ1n) is 5.29. The molecule has 1 rings (SSSR count). The van der Waals surface area contributed by atoms with E-state index in [4.69, 9.17) is 5.73 Å². The van der Waals surface area contributed by atoms with Gasteiger partial charge < -0.3 is 11.1 Å². The first kappa shape index (κ1) is 16.3. The Morgan fingerprint density at radius 1 is 1.44 bits per heavy atom. The highest BCUT2D eigenvalue weighted by atomic mass is 35.5. The summed E-state index contributed by atoms with van der Waals surface area (Å²) in [4.78, 5) is 21.5. The van der Waals surface area contributed by atoms with Gasteiger partial charge in [-0.15, -0.1) is 12.4 Å². The number of hydrogen-bond donors (Lipinski definition) is 2. The number of non-ortho nitro benzene ring substituents is 1. The third-order valence-corrected chi connectivity index (χ3v) is 2.23. The molecule has 0 aliphatic heterocycles. The molecule has 0 spiro atoms.